The average Bonchev–Trinajstić information content (AvgIpc) is 2.38. The maximum Gasteiger partial charge on any atom is 0.337 e. The van der Waals surface area contributed by atoms with E-state index >= 15 is 0 Å². The van der Waals surface area contributed by atoms with E-state index in [0.29, 0.717) is 11.4 Å². The second-order valence-electron chi connectivity index (χ2n) is 5.65. The molecular weight excluding hydrogens is 257 g/mol. The molecule has 2 aromatic rings. The van der Waals surface area contributed by atoms with Gasteiger partial charge in [-0.05, 0) is 36.4 Å². The molecule has 2 rings (SSSR count). The predicted molar refractivity (Wildman–Crippen MR) is 75.3 cm³/mol. The normalized spacial score (nSPS) is 11.4. The molecule has 0 unspecified atom stereocenters. The Kier molecular flexibility index (Phi) is 3.57. The maximum absolute atomic E-state index is 12.9. The van der Waals surface area contributed by atoms with E-state index in [0.717, 1.165) is 5.56 Å². The third-order valence-electron chi connectivity index (χ3n) is 2.98. The SMILES string of the molecule is CC(C)(C)c1nc(-c2ccc(F)cc2)ccc1C(=O)O. The lowest BCUT2D eigenvalue weighted by atomic mass is 9.88. The number of aromatic carboxylic acids is 1. The Balaban J connectivity index is 2.58. The standard InChI is InChI=1S/C16H16FNO2/c1-16(2,3)14-12(15(19)20)8-9-13(18-14)10-4-6-11(17)7-5-10/h4-9H,1-3H3,(H,19,20). The number of carboxylic acids is 1. The van der Waals surface area contributed by atoms with E-state index in [2.05, 4.69) is 4.98 Å². The van der Waals surface area contributed by atoms with Crippen molar-refractivity contribution in [2.45, 2.75) is 26.2 Å². The average molecular weight is 273 g/mol. The fourth-order valence-corrected chi connectivity index (χ4v) is 1.98. The van der Waals surface area contributed by atoms with E-state index in [1.54, 1.807) is 24.3 Å². The van der Waals surface area contributed by atoms with E-state index in [9.17, 15) is 14.3 Å². The van der Waals surface area contributed by atoms with Gasteiger partial charge in [-0.15, -0.1) is 0 Å². The van der Waals surface area contributed by atoms with Gasteiger partial charge in [-0.1, -0.05) is 20.8 Å². The van der Waals surface area contributed by atoms with Gasteiger partial charge in [0.1, 0.15) is 5.82 Å². The maximum atomic E-state index is 12.9. The summed E-state index contributed by atoms with van der Waals surface area (Å²) in [6, 6.07) is 9.17. The minimum atomic E-state index is -0.993. The van der Waals surface area contributed by atoms with E-state index in [1.807, 2.05) is 20.8 Å². The number of benzene rings is 1. The summed E-state index contributed by atoms with van der Waals surface area (Å²) >= 11 is 0. The molecule has 0 atom stereocenters. The molecule has 0 radical (unpaired) electrons. The Morgan fingerprint density at radius 2 is 1.70 bits per heavy atom. The van der Waals surface area contributed by atoms with Crippen molar-refractivity contribution >= 4 is 5.97 Å². The zero-order valence-corrected chi connectivity index (χ0v) is 11.6. The van der Waals surface area contributed by atoms with Gasteiger partial charge in [0, 0.05) is 11.0 Å². The van der Waals surface area contributed by atoms with Crippen LogP contribution in [0.1, 0.15) is 36.8 Å². The number of hydrogen-bond donors (Lipinski definition) is 1. The third-order valence-corrected chi connectivity index (χ3v) is 2.98. The lowest BCUT2D eigenvalue weighted by Gasteiger charge is -2.21. The van der Waals surface area contributed by atoms with Crippen LogP contribution in [0.4, 0.5) is 4.39 Å². The molecule has 4 heteroatoms. The molecule has 0 saturated carbocycles. The molecule has 20 heavy (non-hydrogen) atoms. The molecule has 1 N–H and O–H groups in total. The largest absolute Gasteiger partial charge is 0.478 e. The number of carbonyl (C=O) groups is 1. The van der Waals surface area contributed by atoms with Crippen LogP contribution in [0.3, 0.4) is 0 Å². The number of pyridine rings is 1. The minimum absolute atomic E-state index is 0.198. The van der Waals surface area contributed by atoms with Crippen LogP contribution in [0.15, 0.2) is 36.4 Å². The molecular formula is C16H16FNO2. The Bertz CT molecular complexity index is 643. The molecule has 0 aliphatic rings. The van der Waals surface area contributed by atoms with Crippen LogP contribution < -0.4 is 0 Å². The van der Waals surface area contributed by atoms with E-state index in [1.165, 1.54) is 12.1 Å². The molecule has 104 valence electrons. The van der Waals surface area contributed by atoms with Crippen LogP contribution in [-0.4, -0.2) is 16.1 Å². The molecule has 0 aliphatic carbocycles. The highest BCUT2D eigenvalue weighted by Gasteiger charge is 2.23. The molecule has 3 nitrogen and oxygen atoms in total. The third kappa shape index (κ3) is 2.85. The summed E-state index contributed by atoms with van der Waals surface area (Å²) in [5, 5.41) is 9.24. The van der Waals surface area contributed by atoms with Crippen molar-refractivity contribution in [3.8, 4) is 11.3 Å². The Hall–Kier alpha value is -2.23. The molecule has 0 bridgehead atoms. The van der Waals surface area contributed by atoms with Gasteiger partial charge in [0.2, 0.25) is 0 Å². The van der Waals surface area contributed by atoms with Gasteiger partial charge in [-0.25, -0.2) is 9.18 Å². The van der Waals surface area contributed by atoms with Gasteiger partial charge in [-0.3, -0.25) is 4.98 Å². The first-order chi connectivity index (χ1) is 9.29. The van der Waals surface area contributed by atoms with Gasteiger partial charge in [0.15, 0.2) is 0 Å². The zero-order valence-electron chi connectivity index (χ0n) is 11.6. The van der Waals surface area contributed by atoms with E-state index in [4.69, 9.17) is 0 Å². The van der Waals surface area contributed by atoms with Crippen molar-refractivity contribution in [2.24, 2.45) is 0 Å². The van der Waals surface area contributed by atoms with Crippen molar-refractivity contribution in [1.29, 1.82) is 0 Å². The highest BCUT2D eigenvalue weighted by molar-refractivity contribution is 5.89. The van der Waals surface area contributed by atoms with Crippen LogP contribution in [-0.2, 0) is 5.41 Å². The summed E-state index contributed by atoms with van der Waals surface area (Å²) in [6.07, 6.45) is 0. The van der Waals surface area contributed by atoms with Crippen molar-refractivity contribution in [1.82, 2.24) is 4.98 Å². The molecule has 0 fully saturated rings. The number of nitrogens with zero attached hydrogens (tertiary/aromatic N) is 1. The topological polar surface area (TPSA) is 50.2 Å². The second-order valence-corrected chi connectivity index (χ2v) is 5.65. The predicted octanol–water partition coefficient (Wildman–Crippen LogP) is 3.88. The Labute approximate surface area is 117 Å². The summed E-state index contributed by atoms with van der Waals surface area (Å²) in [6.45, 7) is 5.74. The summed E-state index contributed by atoms with van der Waals surface area (Å²) in [5.74, 6) is -1.31. The van der Waals surface area contributed by atoms with Gasteiger partial charge in [0.05, 0.1) is 17.0 Å². The van der Waals surface area contributed by atoms with Crippen molar-refractivity contribution in [3.63, 3.8) is 0 Å². The number of hydrogen-bond acceptors (Lipinski definition) is 2. The molecule has 0 spiro atoms. The zero-order chi connectivity index (χ0) is 14.9. The quantitative estimate of drug-likeness (QED) is 0.903. The fraction of sp³-hybridized carbons (Fsp3) is 0.250. The molecule has 0 amide bonds. The number of carboxylic acid groups (broad SMARTS) is 1. The summed E-state index contributed by atoms with van der Waals surface area (Å²) in [7, 11) is 0. The highest BCUT2D eigenvalue weighted by Crippen LogP contribution is 2.27. The first-order valence-electron chi connectivity index (χ1n) is 6.30. The minimum Gasteiger partial charge on any atom is -0.478 e. The van der Waals surface area contributed by atoms with Crippen molar-refractivity contribution in [2.75, 3.05) is 0 Å². The van der Waals surface area contributed by atoms with Gasteiger partial charge < -0.3 is 5.11 Å². The second kappa shape index (κ2) is 5.04. The summed E-state index contributed by atoms with van der Waals surface area (Å²) in [4.78, 5) is 15.7. The Morgan fingerprint density at radius 1 is 1.10 bits per heavy atom. The number of halogens is 1. The molecule has 1 heterocycles. The first-order valence-corrected chi connectivity index (χ1v) is 6.30. The van der Waals surface area contributed by atoms with E-state index in [-0.39, 0.29) is 16.8 Å². The Morgan fingerprint density at radius 3 is 2.20 bits per heavy atom. The van der Waals surface area contributed by atoms with Crippen LogP contribution in [0.5, 0.6) is 0 Å². The lowest BCUT2D eigenvalue weighted by Crippen LogP contribution is -2.19. The number of aromatic nitrogens is 1. The van der Waals surface area contributed by atoms with Crippen LogP contribution in [0, 0.1) is 5.82 Å². The van der Waals surface area contributed by atoms with Crippen molar-refractivity contribution in [3.05, 3.63) is 53.5 Å². The molecule has 1 aromatic heterocycles. The van der Waals surface area contributed by atoms with Crippen LogP contribution >= 0.6 is 0 Å². The van der Waals surface area contributed by atoms with E-state index < -0.39 is 5.97 Å². The molecule has 0 saturated heterocycles. The van der Waals surface area contributed by atoms with Gasteiger partial charge in [-0.2, -0.15) is 0 Å². The smallest absolute Gasteiger partial charge is 0.337 e. The fourth-order valence-electron chi connectivity index (χ4n) is 1.98. The molecule has 0 aliphatic heterocycles. The van der Waals surface area contributed by atoms with Gasteiger partial charge in [0.25, 0.3) is 0 Å². The molecule has 1 aromatic carbocycles. The van der Waals surface area contributed by atoms with Crippen molar-refractivity contribution < 1.29 is 14.3 Å². The lowest BCUT2D eigenvalue weighted by molar-refractivity contribution is 0.0693. The summed E-state index contributed by atoms with van der Waals surface area (Å²) in [5.41, 5.74) is 1.73. The first kappa shape index (κ1) is 14.2. The van der Waals surface area contributed by atoms with Crippen LogP contribution in [0.25, 0.3) is 11.3 Å². The monoisotopic (exact) mass is 273 g/mol. The highest BCUT2D eigenvalue weighted by atomic mass is 19.1. The summed E-state index contributed by atoms with van der Waals surface area (Å²) < 4.78 is 12.9. The number of rotatable bonds is 2. The van der Waals surface area contributed by atoms with Gasteiger partial charge >= 0.3 is 5.97 Å². The van der Waals surface area contributed by atoms with Crippen LogP contribution in [0.2, 0.25) is 0 Å².